The minimum Gasteiger partial charge on any atom is -0.496 e. The van der Waals surface area contributed by atoms with Gasteiger partial charge in [-0.15, -0.1) is 6.58 Å². The number of rotatable bonds is 6. The minimum absolute atomic E-state index is 0.00491. The minimum atomic E-state index is -0.441. The Labute approximate surface area is 165 Å². The summed E-state index contributed by atoms with van der Waals surface area (Å²) >= 11 is 1.32. The number of aromatic nitrogens is 1. The van der Waals surface area contributed by atoms with Crippen molar-refractivity contribution in [3.8, 4) is 5.75 Å². The first-order chi connectivity index (χ1) is 13.4. The van der Waals surface area contributed by atoms with Crippen LogP contribution in [0.25, 0.3) is 10.2 Å². The van der Waals surface area contributed by atoms with Crippen LogP contribution in [0.15, 0.2) is 54.0 Å². The van der Waals surface area contributed by atoms with Crippen molar-refractivity contribution in [1.82, 2.24) is 4.57 Å². The van der Waals surface area contributed by atoms with Gasteiger partial charge in [-0.1, -0.05) is 29.5 Å². The molecule has 1 aromatic heterocycles. The Morgan fingerprint density at radius 2 is 2.14 bits per heavy atom. The summed E-state index contributed by atoms with van der Waals surface area (Å²) in [7, 11) is 1.60. The van der Waals surface area contributed by atoms with Crippen molar-refractivity contribution >= 4 is 33.1 Å². The van der Waals surface area contributed by atoms with Crippen LogP contribution in [0, 0.1) is 17.0 Å². The van der Waals surface area contributed by atoms with Crippen molar-refractivity contribution in [3.63, 3.8) is 0 Å². The van der Waals surface area contributed by atoms with Gasteiger partial charge in [-0.05, 0) is 30.2 Å². The summed E-state index contributed by atoms with van der Waals surface area (Å²) < 4.78 is 7.82. The van der Waals surface area contributed by atoms with E-state index in [1.54, 1.807) is 23.8 Å². The average Bonchev–Trinajstić information content (AvgIpc) is 2.98. The first-order valence-corrected chi connectivity index (χ1v) is 9.34. The number of hydrogen-bond acceptors (Lipinski definition) is 5. The molecule has 0 radical (unpaired) electrons. The van der Waals surface area contributed by atoms with Crippen molar-refractivity contribution in [2.45, 2.75) is 19.9 Å². The summed E-state index contributed by atoms with van der Waals surface area (Å²) in [5.41, 5.74) is 2.45. The topological polar surface area (TPSA) is 86.7 Å². The molecule has 28 heavy (non-hydrogen) atoms. The predicted octanol–water partition coefficient (Wildman–Crippen LogP) is 3.78. The van der Waals surface area contributed by atoms with Crippen LogP contribution in [-0.4, -0.2) is 22.5 Å². The maximum atomic E-state index is 12.5. The number of carbonyl (C=O) groups is 1. The zero-order valence-electron chi connectivity index (χ0n) is 15.5. The van der Waals surface area contributed by atoms with Crippen LogP contribution in [0.3, 0.4) is 0 Å². The Hall–Kier alpha value is -3.26. The van der Waals surface area contributed by atoms with Gasteiger partial charge in [0.25, 0.3) is 11.6 Å². The zero-order valence-corrected chi connectivity index (χ0v) is 16.4. The third kappa shape index (κ3) is 4.01. The van der Waals surface area contributed by atoms with E-state index in [4.69, 9.17) is 4.74 Å². The van der Waals surface area contributed by atoms with E-state index in [-0.39, 0.29) is 18.0 Å². The van der Waals surface area contributed by atoms with Gasteiger partial charge in [0.05, 0.1) is 28.7 Å². The molecular formula is C20H19N3O4S. The molecule has 1 heterocycles. The number of non-ortho nitro benzene ring substituents is 1. The second-order valence-corrected chi connectivity index (χ2v) is 7.19. The molecule has 0 atom stereocenters. The maximum absolute atomic E-state index is 12.5. The van der Waals surface area contributed by atoms with Crippen molar-refractivity contribution in [1.29, 1.82) is 0 Å². The smallest absolute Gasteiger partial charge is 0.271 e. The molecule has 0 aliphatic carbocycles. The number of nitro groups is 1. The van der Waals surface area contributed by atoms with Gasteiger partial charge in [-0.2, -0.15) is 4.99 Å². The molecule has 0 N–H and O–H groups in total. The average molecular weight is 397 g/mol. The highest BCUT2D eigenvalue weighted by Gasteiger charge is 2.13. The third-order valence-corrected chi connectivity index (χ3v) is 5.28. The SMILES string of the molecule is C=CCn1c(=NC(=O)Cc2ccc(OC)c(C)c2)sc2ccc([N+](=O)[O-])cc21. The number of carbonyl (C=O) groups excluding carboxylic acids is 1. The highest BCUT2D eigenvalue weighted by atomic mass is 32.1. The molecule has 0 fully saturated rings. The van der Waals surface area contributed by atoms with Gasteiger partial charge in [0.15, 0.2) is 4.80 Å². The number of aryl methyl sites for hydroxylation is 1. The molecule has 0 spiro atoms. The van der Waals surface area contributed by atoms with Crippen molar-refractivity contribution in [3.05, 3.63) is 75.1 Å². The summed E-state index contributed by atoms with van der Waals surface area (Å²) in [5.74, 6) is 0.478. The lowest BCUT2D eigenvalue weighted by Gasteiger charge is -2.06. The Bertz CT molecular complexity index is 1140. The largest absolute Gasteiger partial charge is 0.496 e. The van der Waals surface area contributed by atoms with E-state index in [9.17, 15) is 14.9 Å². The van der Waals surface area contributed by atoms with E-state index in [1.165, 1.54) is 23.5 Å². The summed E-state index contributed by atoms with van der Waals surface area (Å²) in [6.45, 7) is 6.04. The van der Waals surface area contributed by atoms with Crippen LogP contribution in [-0.2, 0) is 17.8 Å². The third-order valence-electron chi connectivity index (χ3n) is 4.22. The number of hydrogen-bond donors (Lipinski definition) is 0. The number of allylic oxidation sites excluding steroid dienone is 1. The molecule has 1 amide bonds. The number of ether oxygens (including phenoxy) is 1. The quantitative estimate of drug-likeness (QED) is 0.360. The lowest BCUT2D eigenvalue weighted by atomic mass is 10.1. The second-order valence-electron chi connectivity index (χ2n) is 6.18. The molecule has 3 rings (SSSR count). The fourth-order valence-electron chi connectivity index (χ4n) is 2.93. The van der Waals surface area contributed by atoms with Crippen LogP contribution < -0.4 is 9.54 Å². The zero-order chi connectivity index (χ0) is 20.3. The van der Waals surface area contributed by atoms with E-state index >= 15 is 0 Å². The number of methoxy groups -OCH3 is 1. The summed E-state index contributed by atoms with van der Waals surface area (Å²) in [6, 6.07) is 10.2. The number of fused-ring (bicyclic) bond motifs is 1. The molecule has 0 bridgehead atoms. The fraction of sp³-hybridized carbons (Fsp3) is 0.200. The highest BCUT2D eigenvalue weighted by molar-refractivity contribution is 7.16. The molecule has 8 heteroatoms. The van der Waals surface area contributed by atoms with Gasteiger partial charge in [0.2, 0.25) is 0 Å². The van der Waals surface area contributed by atoms with E-state index in [0.29, 0.717) is 16.9 Å². The number of benzene rings is 2. The summed E-state index contributed by atoms with van der Waals surface area (Å²) in [4.78, 5) is 27.9. The second kappa shape index (κ2) is 8.18. The summed E-state index contributed by atoms with van der Waals surface area (Å²) in [5, 5.41) is 11.1. The molecule has 0 saturated carbocycles. The van der Waals surface area contributed by atoms with Gasteiger partial charge in [-0.25, -0.2) is 0 Å². The number of amides is 1. The summed E-state index contributed by atoms with van der Waals surface area (Å²) in [6.07, 6.45) is 1.83. The van der Waals surface area contributed by atoms with Gasteiger partial charge < -0.3 is 9.30 Å². The fourth-order valence-corrected chi connectivity index (χ4v) is 3.97. The standard InChI is InChI=1S/C20H19N3O4S/c1-4-9-22-16-12-15(23(25)26)6-8-18(16)28-20(22)21-19(24)11-14-5-7-17(27-3)13(2)10-14/h4-8,10,12H,1,9,11H2,2-3H3. The molecule has 7 nitrogen and oxygen atoms in total. The lowest BCUT2D eigenvalue weighted by Crippen LogP contribution is -2.17. The van der Waals surface area contributed by atoms with E-state index in [2.05, 4.69) is 11.6 Å². The first-order valence-electron chi connectivity index (χ1n) is 8.52. The highest BCUT2D eigenvalue weighted by Crippen LogP contribution is 2.23. The van der Waals surface area contributed by atoms with E-state index in [0.717, 1.165) is 21.6 Å². The molecular weight excluding hydrogens is 378 g/mol. The van der Waals surface area contributed by atoms with Crippen molar-refractivity contribution < 1.29 is 14.5 Å². The van der Waals surface area contributed by atoms with Crippen LogP contribution >= 0.6 is 11.3 Å². The van der Waals surface area contributed by atoms with E-state index in [1.807, 2.05) is 25.1 Å². The van der Waals surface area contributed by atoms with Crippen LogP contribution in [0.2, 0.25) is 0 Å². The molecule has 2 aromatic carbocycles. The monoisotopic (exact) mass is 397 g/mol. The van der Waals surface area contributed by atoms with E-state index < -0.39 is 4.92 Å². The number of nitro benzene ring substituents is 1. The first kappa shape index (κ1) is 19.5. The Kier molecular flexibility index (Phi) is 5.70. The lowest BCUT2D eigenvalue weighted by molar-refractivity contribution is -0.384. The predicted molar refractivity (Wildman–Crippen MR) is 109 cm³/mol. The molecule has 3 aromatic rings. The van der Waals surface area contributed by atoms with Gasteiger partial charge in [-0.3, -0.25) is 14.9 Å². The molecule has 144 valence electrons. The van der Waals surface area contributed by atoms with Crippen LogP contribution in [0.4, 0.5) is 5.69 Å². The maximum Gasteiger partial charge on any atom is 0.271 e. The molecule has 0 saturated heterocycles. The number of thiazole rings is 1. The van der Waals surface area contributed by atoms with Gasteiger partial charge >= 0.3 is 0 Å². The molecule has 0 unspecified atom stereocenters. The van der Waals surface area contributed by atoms with Crippen molar-refractivity contribution in [2.24, 2.45) is 4.99 Å². The normalized spacial score (nSPS) is 11.6. The van der Waals surface area contributed by atoms with Crippen molar-refractivity contribution in [2.75, 3.05) is 7.11 Å². The Morgan fingerprint density at radius 1 is 1.36 bits per heavy atom. The van der Waals surface area contributed by atoms with Gasteiger partial charge in [0, 0.05) is 18.7 Å². The van der Waals surface area contributed by atoms with Gasteiger partial charge in [0.1, 0.15) is 5.75 Å². The van der Waals surface area contributed by atoms with Crippen LogP contribution in [0.5, 0.6) is 5.75 Å². The van der Waals surface area contributed by atoms with Crippen LogP contribution in [0.1, 0.15) is 11.1 Å². The Morgan fingerprint density at radius 3 is 2.79 bits per heavy atom. The Balaban J connectivity index is 1.99. The molecule has 0 aliphatic rings. The number of nitrogens with zero attached hydrogens (tertiary/aromatic N) is 3. The molecule has 0 aliphatic heterocycles.